The van der Waals surface area contributed by atoms with Crippen LogP contribution in [0.3, 0.4) is 0 Å². The highest BCUT2D eigenvalue weighted by Gasteiger charge is 2.21. The Labute approximate surface area is 281 Å². The van der Waals surface area contributed by atoms with E-state index < -0.39 is 22.0 Å². The molecule has 1 unspecified atom stereocenters. The van der Waals surface area contributed by atoms with Gasteiger partial charge in [0.1, 0.15) is 12.6 Å². The largest absolute Gasteiger partial charge is 0.478 e. The minimum atomic E-state index is -3.36. The minimum Gasteiger partial charge on any atom is -0.478 e. The number of carboxylic acid groups (broad SMARTS) is 1. The van der Waals surface area contributed by atoms with E-state index in [0.717, 1.165) is 56.2 Å². The molecular formula is C38H41N3O6S. The highest BCUT2D eigenvalue weighted by Crippen LogP contribution is 2.32. The average Bonchev–Trinajstić information content (AvgIpc) is 3.41. The normalized spacial score (nSPS) is 12.1. The van der Waals surface area contributed by atoms with Gasteiger partial charge in [0.05, 0.1) is 11.8 Å². The lowest BCUT2D eigenvalue weighted by Gasteiger charge is -2.18. The van der Waals surface area contributed by atoms with Gasteiger partial charge in [-0.2, -0.15) is 0 Å². The van der Waals surface area contributed by atoms with Crippen molar-refractivity contribution < 1.29 is 27.9 Å². The molecule has 48 heavy (non-hydrogen) atoms. The van der Waals surface area contributed by atoms with Crippen LogP contribution >= 0.6 is 0 Å². The Morgan fingerprint density at radius 1 is 0.875 bits per heavy atom. The first-order valence-electron chi connectivity index (χ1n) is 15.9. The molecule has 0 aliphatic rings. The number of fused-ring (bicyclic) bond motifs is 1. The topological polar surface area (TPSA) is 138 Å². The minimum absolute atomic E-state index is 0.171. The smallest absolute Gasteiger partial charge is 0.335 e. The van der Waals surface area contributed by atoms with Gasteiger partial charge < -0.3 is 20.1 Å². The zero-order valence-electron chi connectivity index (χ0n) is 27.4. The summed E-state index contributed by atoms with van der Waals surface area (Å²) in [6.07, 6.45) is 3.57. The number of carbonyl (C=O) groups is 2. The third-order valence-electron chi connectivity index (χ3n) is 8.15. The molecule has 5 rings (SSSR count). The molecule has 9 nitrogen and oxygen atoms in total. The van der Waals surface area contributed by atoms with Crippen molar-refractivity contribution in [1.82, 2.24) is 10.3 Å². The molecule has 0 aliphatic heterocycles. The second-order valence-electron chi connectivity index (χ2n) is 12.2. The molecule has 1 heterocycles. The fourth-order valence-electron chi connectivity index (χ4n) is 5.97. The number of esters is 1. The summed E-state index contributed by atoms with van der Waals surface area (Å²) < 4.78 is 31.3. The Bertz CT molecular complexity index is 1980. The van der Waals surface area contributed by atoms with Crippen molar-refractivity contribution in [2.24, 2.45) is 0 Å². The van der Waals surface area contributed by atoms with E-state index in [0.29, 0.717) is 37.9 Å². The monoisotopic (exact) mass is 667 g/mol. The summed E-state index contributed by atoms with van der Waals surface area (Å²) in [6.45, 7) is 4.73. The first kappa shape index (κ1) is 34.4. The number of benzene rings is 4. The molecule has 1 atom stereocenters. The Kier molecular flexibility index (Phi) is 11.0. The van der Waals surface area contributed by atoms with Gasteiger partial charge in [0, 0.05) is 28.8 Å². The van der Waals surface area contributed by atoms with E-state index >= 15 is 0 Å². The van der Waals surface area contributed by atoms with Crippen LogP contribution in [0.4, 0.5) is 5.69 Å². The fourth-order valence-corrected chi connectivity index (χ4v) is 6.54. The highest BCUT2D eigenvalue weighted by atomic mass is 32.2. The van der Waals surface area contributed by atoms with Crippen molar-refractivity contribution in [3.63, 3.8) is 0 Å². The van der Waals surface area contributed by atoms with Crippen LogP contribution in [0.25, 0.3) is 22.2 Å². The number of anilines is 1. The zero-order valence-corrected chi connectivity index (χ0v) is 28.2. The molecule has 4 aromatic carbocycles. The summed E-state index contributed by atoms with van der Waals surface area (Å²) in [5.41, 5.74) is 8.66. The summed E-state index contributed by atoms with van der Waals surface area (Å²) in [6, 6.07) is 27.6. The van der Waals surface area contributed by atoms with Gasteiger partial charge in [-0.3, -0.25) is 9.52 Å². The number of aromatic amines is 1. The van der Waals surface area contributed by atoms with Crippen LogP contribution in [0.5, 0.6) is 0 Å². The van der Waals surface area contributed by atoms with Crippen LogP contribution in [0.1, 0.15) is 51.0 Å². The maximum atomic E-state index is 13.4. The lowest BCUT2D eigenvalue weighted by Crippen LogP contribution is -2.39. The number of rotatable bonds is 15. The molecule has 250 valence electrons. The number of aryl methyl sites for hydroxylation is 3. The second-order valence-corrected chi connectivity index (χ2v) is 14.0. The van der Waals surface area contributed by atoms with Crippen LogP contribution in [0, 0.1) is 13.8 Å². The fraction of sp³-hybridized carbons (Fsp3) is 0.263. The molecule has 4 N–H and O–H groups in total. The van der Waals surface area contributed by atoms with E-state index in [4.69, 9.17) is 4.74 Å². The van der Waals surface area contributed by atoms with E-state index in [1.165, 1.54) is 0 Å². The Morgan fingerprint density at radius 2 is 1.58 bits per heavy atom. The number of carbonyl (C=O) groups excluding carboxylic acids is 1. The van der Waals surface area contributed by atoms with Gasteiger partial charge in [-0.1, -0.05) is 59.7 Å². The maximum absolute atomic E-state index is 13.4. The van der Waals surface area contributed by atoms with Gasteiger partial charge in [-0.15, -0.1) is 0 Å². The number of nitrogens with one attached hydrogen (secondary N) is 3. The zero-order chi connectivity index (χ0) is 34.3. The first-order chi connectivity index (χ1) is 22.9. The van der Waals surface area contributed by atoms with Gasteiger partial charge in [0.25, 0.3) is 0 Å². The number of hydrogen-bond donors (Lipinski definition) is 4. The Morgan fingerprint density at radius 3 is 2.25 bits per heavy atom. The number of aromatic carboxylic acids is 1. The SMILES string of the molecule is Cc1cc(C)cc(-c2[nH]c3ccc(C(=O)O)cc3c2CCNC(CCCc2ccc(NS(C)(=O)=O)cc2)C(=O)OCc2ccccc2)c1. The van der Waals surface area contributed by atoms with Crippen LogP contribution in [-0.2, 0) is 39.0 Å². The van der Waals surface area contributed by atoms with Crippen LogP contribution in [0.2, 0.25) is 0 Å². The summed E-state index contributed by atoms with van der Waals surface area (Å²) >= 11 is 0. The maximum Gasteiger partial charge on any atom is 0.335 e. The summed E-state index contributed by atoms with van der Waals surface area (Å²) in [5, 5.41) is 14.0. The van der Waals surface area contributed by atoms with Crippen LogP contribution in [0.15, 0.2) is 91.0 Å². The first-order valence-corrected chi connectivity index (χ1v) is 17.8. The molecule has 0 saturated heterocycles. The number of sulfonamides is 1. The molecule has 0 spiro atoms. The molecule has 5 aromatic rings. The third-order valence-corrected chi connectivity index (χ3v) is 8.76. The Hall–Kier alpha value is -4.93. The second kappa shape index (κ2) is 15.3. The standard InChI is InChI=1S/C38H41N3O6S/c1-25-20-26(2)22-30(21-25)36-32(33-23-29(37(42)43)14-17-34(33)40-36)18-19-39-35(38(44)47-24-28-8-5-4-6-9-28)11-7-10-27-12-15-31(16-13-27)41-48(3,45)46/h4-6,8-9,12-17,20-23,35,39-41H,7,10-11,18-19,24H2,1-3H3,(H,42,43). The third kappa shape index (κ3) is 9.33. The molecule has 0 bridgehead atoms. The summed E-state index contributed by atoms with van der Waals surface area (Å²) in [5.74, 6) is -1.33. The van der Waals surface area contributed by atoms with E-state index in [-0.39, 0.29) is 18.1 Å². The van der Waals surface area contributed by atoms with Crippen molar-refractivity contribution in [2.75, 3.05) is 17.5 Å². The van der Waals surface area contributed by atoms with Gasteiger partial charge in [0.2, 0.25) is 10.0 Å². The number of ether oxygens (including phenoxy) is 1. The van der Waals surface area contributed by atoms with Crippen molar-refractivity contribution in [1.29, 1.82) is 0 Å². The quantitative estimate of drug-likeness (QED) is 0.0903. The van der Waals surface area contributed by atoms with E-state index in [1.54, 1.807) is 30.3 Å². The van der Waals surface area contributed by atoms with E-state index in [2.05, 4.69) is 47.1 Å². The molecule has 0 fully saturated rings. The number of H-pyrrole nitrogens is 1. The van der Waals surface area contributed by atoms with Crippen LogP contribution in [-0.4, -0.2) is 49.3 Å². The van der Waals surface area contributed by atoms with Crippen molar-refractivity contribution >= 4 is 38.6 Å². The molecule has 0 amide bonds. The Balaban J connectivity index is 1.33. The molecule has 10 heteroatoms. The lowest BCUT2D eigenvalue weighted by molar-refractivity contribution is -0.147. The number of hydrogen-bond acceptors (Lipinski definition) is 6. The van der Waals surface area contributed by atoms with Crippen LogP contribution < -0.4 is 10.0 Å². The molecular weight excluding hydrogens is 627 g/mol. The molecule has 0 radical (unpaired) electrons. The van der Waals surface area contributed by atoms with Crippen molar-refractivity contribution in [3.8, 4) is 11.3 Å². The average molecular weight is 668 g/mol. The van der Waals surface area contributed by atoms with E-state index in [1.807, 2.05) is 42.5 Å². The highest BCUT2D eigenvalue weighted by molar-refractivity contribution is 7.92. The van der Waals surface area contributed by atoms with Gasteiger partial charge in [-0.05, 0) is 104 Å². The summed E-state index contributed by atoms with van der Waals surface area (Å²) in [4.78, 5) is 28.8. The number of carboxylic acids is 1. The van der Waals surface area contributed by atoms with Crippen molar-refractivity contribution in [3.05, 3.63) is 124 Å². The van der Waals surface area contributed by atoms with Gasteiger partial charge in [0.15, 0.2) is 0 Å². The van der Waals surface area contributed by atoms with Gasteiger partial charge in [-0.25, -0.2) is 13.2 Å². The number of aromatic nitrogens is 1. The lowest BCUT2D eigenvalue weighted by atomic mass is 9.98. The summed E-state index contributed by atoms with van der Waals surface area (Å²) in [7, 11) is -3.36. The molecule has 0 saturated carbocycles. The predicted octanol–water partition coefficient (Wildman–Crippen LogP) is 6.79. The van der Waals surface area contributed by atoms with E-state index in [9.17, 15) is 23.1 Å². The van der Waals surface area contributed by atoms with Crippen molar-refractivity contribution in [2.45, 2.75) is 52.2 Å². The van der Waals surface area contributed by atoms with Gasteiger partial charge >= 0.3 is 11.9 Å². The molecule has 1 aromatic heterocycles. The molecule has 0 aliphatic carbocycles. The predicted molar refractivity (Wildman–Crippen MR) is 190 cm³/mol.